The van der Waals surface area contributed by atoms with Crippen molar-refractivity contribution in [3.05, 3.63) is 0 Å². The van der Waals surface area contributed by atoms with E-state index in [2.05, 4.69) is 15.3 Å². The molecule has 1 unspecified atom stereocenters. The van der Waals surface area contributed by atoms with Crippen LogP contribution in [0.3, 0.4) is 0 Å². The van der Waals surface area contributed by atoms with Gasteiger partial charge < -0.3 is 38.1 Å². The Morgan fingerprint density at radius 1 is 0.875 bits per heavy atom. The monoisotopic (exact) mass is 456 g/mol. The zero-order chi connectivity index (χ0) is 24.5. The third-order valence-electron chi connectivity index (χ3n) is 4.88. The van der Waals surface area contributed by atoms with Crippen molar-refractivity contribution in [2.24, 2.45) is 32.9 Å². The van der Waals surface area contributed by atoms with Crippen LogP contribution in [0.4, 0.5) is 0 Å². The summed E-state index contributed by atoms with van der Waals surface area (Å²) in [6, 6.07) is -0.220. The highest BCUT2D eigenvalue weighted by Crippen LogP contribution is 2.12. The van der Waals surface area contributed by atoms with Crippen molar-refractivity contribution in [1.29, 1.82) is 0 Å². The summed E-state index contributed by atoms with van der Waals surface area (Å²) in [7, 11) is 7.54. The summed E-state index contributed by atoms with van der Waals surface area (Å²) in [5.74, 6) is 0.339. The lowest BCUT2D eigenvalue weighted by molar-refractivity contribution is -0.142. The van der Waals surface area contributed by atoms with Crippen molar-refractivity contribution in [1.82, 2.24) is 20.0 Å². The van der Waals surface area contributed by atoms with Crippen LogP contribution in [0.15, 0.2) is 9.98 Å². The third kappa shape index (κ3) is 13.0. The summed E-state index contributed by atoms with van der Waals surface area (Å²) >= 11 is 0. The maximum absolute atomic E-state index is 12.9. The topological polar surface area (TPSA) is 185 Å². The predicted octanol–water partition coefficient (Wildman–Crippen LogP) is -2.08. The molecule has 32 heavy (non-hydrogen) atoms. The Hall–Kier alpha value is -2.60. The van der Waals surface area contributed by atoms with Crippen LogP contribution in [0.25, 0.3) is 0 Å². The molecule has 0 aromatic rings. The number of unbranched alkanes of at least 4 members (excludes halogenated alkanes) is 1. The molecule has 0 saturated carbocycles. The smallest absolute Gasteiger partial charge is 0.240 e. The number of hydrogen-bond acceptors (Lipinski definition) is 6. The molecule has 0 aliphatic carbocycles. The number of amides is 2. The molecule has 1 atom stereocenters. The van der Waals surface area contributed by atoms with E-state index in [4.69, 9.17) is 22.9 Å². The van der Waals surface area contributed by atoms with Gasteiger partial charge in [0.1, 0.15) is 0 Å². The molecule has 1 heterocycles. The van der Waals surface area contributed by atoms with E-state index in [1.54, 1.807) is 0 Å². The molecule has 9 N–H and O–H groups in total. The van der Waals surface area contributed by atoms with Crippen LogP contribution in [0.1, 0.15) is 32.1 Å². The lowest BCUT2D eigenvalue weighted by Gasteiger charge is -2.37. The summed E-state index contributed by atoms with van der Waals surface area (Å²) < 4.78 is 0. The van der Waals surface area contributed by atoms with Crippen molar-refractivity contribution in [3.8, 4) is 0 Å². The molecular formula is C20H44N10O2. The lowest BCUT2D eigenvalue weighted by Crippen LogP contribution is -2.55. The Bertz CT molecular complexity index is 593. The molecule has 1 rings (SSSR count). The standard InChI is InChI=1S/C18H37N9O2.C2H7N/c1-25(2)14(6-5-9-24-18(21)22)16(29)27-12-10-26(11-13-27)15(28)7-3-4-8-23-17(19)20;1-3-2/h14H,3-13H2,1-2H3,(H4,19,20,23)(H4,21,22,24);3H,1-2H3. The molecule has 0 aromatic carbocycles. The van der Waals surface area contributed by atoms with Gasteiger partial charge in [0.2, 0.25) is 11.8 Å². The van der Waals surface area contributed by atoms with Gasteiger partial charge in [-0.1, -0.05) is 0 Å². The van der Waals surface area contributed by atoms with Gasteiger partial charge in [-0.05, 0) is 53.9 Å². The largest absolute Gasteiger partial charge is 0.370 e. The van der Waals surface area contributed by atoms with E-state index in [1.165, 1.54) is 0 Å². The molecule has 186 valence electrons. The van der Waals surface area contributed by atoms with Gasteiger partial charge in [0.05, 0.1) is 6.04 Å². The Labute approximate surface area is 192 Å². The van der Waals surface area contributed by atoms with Crippen molar-refractivity contribution in [2.75, 3.05) is 67.5 Å². The van der Waals surface area contributed by atoms with E-state index >= 15 is 0 Å². The van der Waals surface area contributed by atoms with Gasteiger partial charge >= 0.3 is 0 Å². The van der Waals surface area contributed by atoms with E-state index < -0.39 is 0 Å². The molecule has 1 aliphatic heterocycles. The first-order chi connectivity index (χ1) is 15.1. The number of nitrogens with two attached hydrogens (primary N) is 4. The number of nitrogens with zero attached hydrogens (tertiary/aromatic N) is 5. The van der Waals surface area contributed by atoms with Crippen LogP contribution in [0, 0.1) is 0 Å². The van der Waals surface area contributed by atoms with Crippen LogP contribution in [-0.2, 0) is 9.59 Å². The maximum atomic E-state index is 12.9. The van der Waals surface area contributed by atoms with Gasteiger partial charge in [-0.15, -0.1) is 0 Å². The second-order valence-electron chi connectivity index (χ2n) is 7.90. The van der Waals surface area contributed by atoms with E-state index in [0.717, 1.165) is 19.3 Å². The first kappa shape index (κ1) is 29.4. The van der Waals surface area contributed by atoms with Gasteiger partial charge in [0, 0.05) is 45.7 Å². The van der Waals surface area contributed by atoms with Gasteiger partial charge in [-0.2, -0.15) is 0 Å². The van der Waals surface area contributed by atoms with Crippen LogP contribution >= 0.6 is 0 Å². The fourth-order valence-electron chi connectivity index (χ4n) is 3.24. The normalized spacial score (nSPS) is 14.3. The molecule has 0 radical (unpaired) electrons. The number of piperazine rings is 1. The molecule has 2 amide bonds. The highest BCUT2D eigenvalue weighted by atomic mass is 16.2. The molecule has 12 nitrogen and oxygen atoms in total. The zero-order valence-electron chi connectivity index (χ0n) is 20.2. The molecule has 0 aromatic heterocycles. The van der Waals surface area contributed by atoms with E-state index in [1.807, 2.05) is 42.9 Å². The van der Waals surface area contributed by atoms with Crippen LogP contribution in [-0.4, -0.2) is 112 Å². The second kappa shape index (κ2) is 17.0. The summed E-state index contributed by atoms with van der Waals surface area (Å²) in [4.78, 5) is 38.7. The van der Waals surface area contributed by atoms with Gasteiger partial charge in [0.25, 0.3) is 0 Å². The molecular weight excluding hydrogens is 412 g/mol. The second-order valence-corrected chi connectivity index (χ2v) is 7.90. The quantitative estimate of drug-likeness (QED) is 0.133. The van der Waals surface area contributed by atoms with Crippen LogP contribution in [0.2, 0.25) is 0 Å². The van der Waals surface area contributed by atoms with Crippen LogP contribution in [0.5, 0.6) is 0 Å². The van der Waals surface area contributed by atoms with E-state index in [9.17, 15) is 9.59 Å². The number of carbonyl (C=O) groups is 2. The van der Waals surface area contributed by atoms with Crippen molar-refractivity contribution < 1.29 is 9.59 Å². The zero-order valence-corrected chi connectivity index (χ0v) is 20.2. The Morgan fingerprint density at radius 2 is 1.34 bits per heavy atom. The van der Waals surface area contributed by atoms with Crippen molar-refractivity contribution >= 4 is 23.7 Å². The summed E-state index contributed by atoms with van der Waals surface area (Å²) in [6.07, 6.45) is 3.39. The Balaban J connectivity index is 0.00000302. The molecule has 1 saturated heterocycles. The SMILES string of the molecule is CN(C)C(CCCN=C(N)N)C(=O)N1CCN(C(=O)CCCCN=C(N)N)CC1.CNC. The molecule has 1 fully saturated rings. The van der Waals surface area contributed by atoms with Crippen molar-refractivity contribution in [3.63, 3.8) is 0 Å². The lowest BCUT2D eigenvalue weighted by atomic mass is 10.1. The predicted molar refractivity (Wildman–Crippen MR) is 130 cm³/mol. The molecule has 0 bridgehead atoms. The molecule has 0 spiro atoms. The van der Waals surface area contributed by atoms with Crippen LogP contribution < -0.4 is 28.3 Å². The molecule has 12 heteroatoms. The number of nitrogens with one attached hydrogen (secondary N) is 1. The first-order valence-electron chi connectivity index (χ1n) is 11.1. The number of aliphatic imine (C=N–C) groups is 2. The average molecular weight is 457 g/mol. The van der Waals surface area contributed by atoms with Gasteiger partial charge in [-0.25, -0.2) is 0 Å². The minimum atomic E-state index is -0.220. The Kier molecular flexibility index (Phi) is 15.6. The number of likely N-dealkylation sites (N-methyl/N-ethyl adjacent to an activating group) is 1. The Morgan fingerprint density at radius 3 is 1.81 bits per heavy atom. The number of carbonyl (C=O) groups excluding carboxylic acids is 2. The fraction of sp³-hybridized carbons (Fsp3) is 0.800. The third-order valence-corrected chi connectivity index (χ3v) is 4.88. The summed E-state index contributed by atoms with van der Waals surface area (Å²) in [6.45, 7) is 3.27. The highest BCUT2D eigenvalue weighted by Gasteiger charge is 2.29. The first-order valence-corrected chi connectivity index (χ1v) is 11.1. The minimum Gasteiger partial charge on any atom is -0.370 e. The average Bonchev–Trinajstić information content (AvgIpc) is 2.73. The van der Waals surface area contributed by atoms with E-state index in [-0.39, 0.29) is 29.8 Å². The van der Waals surface area contributed by atoms with Gasteiger partial charge in [-0.3, -0.25) is 24.5 Å². The molecule has 1 aliphatic rings. The summed E-state index contributed by atoms with van der Waals surface area (Å²) in [5.41, 5.74) is 21.2. The fourth-order valence-corrected chi connectivity index (χ4v) is 3.24. The van der Waals surface area contributed by atoms with Gasteiger partial charge in [0.15, 0.2) is 11.9 Å². The maximum Gasteiger partial charge on any atom is 0.240 e. The highest BCUT2D eigenvalue weighted by molar-refractivity contribution is 5.82. The summed E-state index contributed by atoms with van der Waals surface area (Å²) in [5, 5.41) is 2.75. The minimum absolute atomic E-state index is 0.0646. The number of rotatable bonds is 11. The number of hydrogen-bond donors (Lipinski definition) is 5. The van der Waals surface area contributed by atoms with Crippen molar-refractivity contribution in [2.45, 2.75) is 38.1 Å². The number of guanidine groups is 2. The van der Waals surface area contributed by atoms with E-state index in [0.29, 0.717) is 52.1 Å².